The maximum absolute atomic E-state index is 12.2. The number of aliphatic carboxylic acids is 1. The molecule has 2 rings (SSSR count). The molecule has 0 saturated carbocycles. The highest BCUT2D eigenvalue weighted by molar-refractivity contribution is 7.10. The van der Waals surface area contributed by atoms with Crippen molar-refractivity contribution in [2.75, 3.05) is 0 Å². The summed E-state index contributed by atoms with van der Waals surface area (Å²) in [7, 11) is 0. The van der Waals surface area contributed by atoms with Crippen LogP contribution in [-0.2, 0) is 4.79 Å². The van der Waals surface area contributed by atoms with Gasteiger partial charge in [-0.2, -0.15) is 0 Å². The highest BCUT2D eigenvalue weighted by Gasteiger charge is 2.24. The van der Waals surface area contributed by atoms with Crippen molar-refractivity contribution in [1.29, 1.82) is 0 Å². The van der Waals surface area contributed by atoms with Crippen molar-refractivity contribution >= 4 is 23.2 Å². The SMILES string of the molecule is Cc1ccc(C(=O)NC(C(=O)O)c2cccs2)c(C)c1. The van der Waals surface area contributed by atoms with Gasteiger partial charge in [0.15, 0.2) is 6.04 Å². The first-order chi connectivity index (χ1) is 9.49. The highest BCUT2D eigenvalue weighted by Crippen LogP contribution is 2.20. The predicted octanol–water partition coefficient (Wildman–Crippen LogP) is 2.92. The number of carbonyl (C=O) groups is 2. The van der Waals surface area contributed by atoms with Crippen LogP contribution in [0.1, 0.15) is 32.4 Å². The number of hydrogen-bond donors (Lipinski definition) is 2. The first-order valence-electron chi connectivity index (χ1n) is 6.13. The van der Waals surface area contributed by atoms with Crippen LogP contribution >= 0.6 is 11.3 Å². The van der Waals surface area contributed by atoms with E-state index in [0.717, 1.165) is 11.1 Å². The highest BCUT2D eigenvalue weighted by atomic mass is 32.1. The monoisotopic (exact) mass is 289 g/mol. The number of aryl methyl sites for hydroxylation is 2. The van der Waals surface area contributed by atoms with Crippen LogP contribution in [0.3, 0.4) is 0 Å². The summed E-state index contributed by atoms with van der Waals surface area (Å²) in [5.74, 6) is -1.44. The molecule has 1 atom stereocenters. The summed E-state index contributed by atoms with van der Waals surface area (Å²) in [5, 5.41) is 13.6. The summed E-state index contributed by atoms with van der Waals surface area (Å²) >= 11 is 1.31. The molecular formula is C15H15NO3S. The van der Waals surface area contributed by atoms with E-state index in [1.807, 2.05) is 26.0 Å². The minimum absolute atomic E-state index is 0.372. The third-order valence-corrected chi connectivity index (χ3v) is 3.91. The molecule has 2 aromatic rings. The van der Waals surface area contributed by atoms with Gasteiger partial charge in [0.1, 0.15) is 0 Å². The largest absolute Gasteiger partial charge is 0.479 e. The molecule has 1 aromatic carbocycles. The van der Waals surface area contributed by atoms with E-state index in [1.54, 1.807) is 23.6 Å². The van der Waals surface area contributed by atoms with Crippen LogP contribution in [0.15, 0.2) is 35.7 Å². The predicted molar refractivity (Wildman–Crippen MR) is 78.1 cm³/mol. The van der Waals surface area contributed by atoms with Crippen molar-refractivity contribution in [2.24, 2.45) is 0 Å². The first kappa shape index (κ1) is 14.3. The van der Waals surface area contributed by atoms with Gasteiger partial charge < -0.3 is 10.4 Å². The average Bonchev–Trinajstić information content (AvgIpc) is 2.88. The van der Waals surface area contributed by atoms with Gasteiger partial charge in [-0.1, -0.05) is 23.8 Å². The van der Waals surface area contributed by atoms with Crippen molar-refractivity contribution in [2.45, 2.75) is 19.9 Å². The van der Waals surface area contributed by atoms with Gasteiger partial charge in [0.25, 0.3) is 5.91 Å². The molecule has 2 N–H and O–H groups in total. The molecule has 104 valence electrons. The van der Waals surface area contributed by atoms with Crippen molar-refractivity contribution in [3.63, 3.8) is 0 Å². The van der Waals surface area contributed by atoms with Gasteiger partial charge in [-0.15, -0.1) is 11.3 Å². The average molecular weight is 289 g/mol. The van der Waals surface area contributed by atoms with Gasteiger partial charge >= 0.3 is 5.97 Å². The number of amides is 1. The van der Waals surface area contributed by atoms with E-state index in [0.29, 0.717) is 10.4 Å². The van der Waals surface area contributed by atoms with Crippen LogP contribution < -0.4 is 5.32 Å². The molecule has 0 aliphatic heterocycles. The molecular weight excluding hydrogens is 274 g/mol. The van der Waals surface area contributed by atoms with Gasteiger partial charge in [-0.25, -0.2) is 4.79 Å². The molecule has 20 heavy (non-hydrogen) atoms. The Bertz CT molecular complexity index is 635. The van der Waals surface area contributed by atoms with Gasteiger partial charge in [0.05, 0.1) is 0 Å². The normalized spacial score (nSPS) is 11.9. The zero-order valence-corrected chi connectivity index (χ0v) is 12.0. The van der Waals surface area contributed by atoms with Crippen LogP contribution in [0.25, 0.3) is 0 Å². The molecule has 0 radical (unpaired) electrons. The summed E-state index contributed by atoms with van der Waals surface area (Å²) in [6.07, 6.45) is 0. The van der Waals surface area contributed by atoms with Gasteiger partial charge in [0.2, 0.25) is 0 Å². The number of rotatable bonds is 4. The molecule has 0 bridgehead atoms. The quantitative estimate of drug-likeness (QED) is 0.909. The van der Waals surface area contributed by atoms with E-state index in [2.05, 4.69) is 5.32 Å². The molecule has 1 amide bonds. The molecule has 1 aromatic heterocycles. The number of carboxylic acids is 1. The van der Waals surface area contributed by atoms with Crippen LogP contribution in [-0.4, -0.2) is 17.0 Å². The van der Waals surface area contributed by atoms with Gasteiger partial charge in [0, 0.05) is 10.4 Å². The van der Waals surface area contributed by atoms with E-state index >= 15 is 0 Å². The van der Waals surface area contributed by atoms with Crippen LogP contribution in [0.4, 0.5) is 0 Å². The number of thiophene rings is 1. The lowest BCUT2D eigenvalue weighted by Gasteiger charge is -2.14. The lowest BCUT2D eigenvalue weighted by Crippen LogP contribution is -2.33. The van der Waals surface area contributed by atoms with E-state index in [-0.39, 0.29) is 5.91 Å². The second kappa shape index (κ2) is 5.88. The topological polar surface area (TPSA) is 66.4 Å². The van der Waals surface area contributed by atoms with E-state index < -0.39 is 12.0 Å². The fourth-order valence-electron chi connectivity index (χ4n) is 1.99. The Morgan fingerprint density at radius 3 is 2.55 bits per heavy atom. The molecule has 4 nitrogen and oxygen atoms in total. The van der Waals surface area contributed by atoms with Crippen LogP contribution in [0.2, 0.25) is 0 Å². The lowest BCUT2D eigenvalue weighted by atomic mass is 10.0. The maximum Gasteiger partial charge on any atom is 0.331 e. The Morgan fingerprint density at radius 2 is 2.00 bits per heavy atom. The Labute approximate surface area is 121 Å². The number of carboxylic acid groups (broad SMARTS) is 1. The molecule has 1 heterocycles. The van der Waals surface area contributed by atoms with Crippen LogP contribution in [0, 0.1) is 13.8 Å². The molecule has 0 aliphatic carbocycles. The minimum atomic E-state index is -1.06. The van der Waals surface area contributed by atoms with E-state index in [4.69, 9.17) is 0 Å². The Kier molecular flexibility index (Phi) is 4.20. The summed E-state index contributed by atoms with van der Waals surface area (Å²) in [6.45, 7) is 3.78. The molecule has 5 heteroatoms. The minimum Gasteiger partial charge on any atom is -0.479 e. The fourth-order valence-corrected chi connectivity index (χ4v) is 2.75. The molecule has 0 fully saturated rings. The van der Waals surface area contributed by atoms with E-state index in [1.165, 1.54) is 11.3 Å². The second-order valence-electron chi connectivity index (χ2n) is 4.58. The van der Waals surface area contributed by atoms with Crippen molar-refractivity contribution in [1.82, 2.24) is 5.32 Å². The third kappa shape index (κ3) is 3.05. The van der Waals surface area contributed by atoms with E-state index in [9.17, 15) is 14.7 Å². The van der Waals surface area contributed by atoms with Gasteiger partial charge in [-0.05, 0) is 36.9 Å². The van der Waals surface area contributed by atoms with Gasteiger partial charge in [-0.3, -0.25) is 4.79 Å². The number of nitrogens with one attached hydrogen (secondary N) is 1. The molecule has 0 aliphatic rings. The summed E-state index contributed by atoms with van der Waals surface area (Å²) in [6, 6.07) is 7.90. The maximum atomic E-state index is 12.2. The zero-order valence-electron chi connectivity index (χ0n) is 11.2. The van der Waals surface area contributed by atoms with Crippen molar-refractivity contribution in [3.05, 3.63) is 57.3 Å². The molecule has 0 spiro atoms. The van der Waals surface area contributed by atoms with Crippen molar-refractivity contribution in [3.8, 4) is 0 Å². The number of benzene rings is 1. The fraction of sp³-hybridized carbons (Fsp3) is 0.200. The molecule has 1 unspecified atom stereocenters. The number of hydrogen-bond acceptors (Lipinski definition) is 3. The Morgan fingerprint density at radius 1 is 1.25 bits per heavy atom. The lowest BCUT2D eigenvalue weighted by molar-refractivity contribution is -0.139. The standard InChI is InChI=1S/C15H15NO3S/c1-9-5-6-11(10(2)8-9)14(17)16-13(15(18)19)12-4-3-7-20-12/h3-8,13H,1-2H3,(H,16,17)(H,18,19). The molecule has 0 saturated heterocycles. The smallest absolute Gasteiger partial charge is 0.331 e. The summed E-state index contributed by atoms with van der Waals surface area (Å²) < 4.78 is 0. The Balaban J connectivity index is 2.23. The van der Waals surface area contributed by atoms with Crippen LogP contribution in [0.5, 0.6) is 0 Å². The summed E-state index contributed by atoms with van der Waals surface area (Å²) in [4.78, 5) is 24.1. The first-order valence-corrected chi connectivity index (χ1v) is 7.01. The second-order valence-corrected chi connectivity index (χ2v) is 5.56. The third-order valence-electron chi connectivity index (χ3n) is 2.98. The summed E-state index contributed by atoms with van der Waals surface area (Å²) in [5.41, 5.74) is 2.39. The Hall–Kier alpha value is -2.14. The van der Waals surface area contributed by atoms with Crippen molar-refractivity contribution < 1.29 is 14.7 Å². The zero-order chi connectivity index (χ0) is 14.7. The number of carbonyl (C=O) groups excluding carboxylic acids is 1.